The summed E-state index contributed by atoms with van der Waals surface area (Å²) in [6.45, 7) is 5.47. The molecule has 0 radical (unpaired) electrons. The number of carbonyl (C=O) groups is 1. The van der Waals surface area contributed by atoms with Gasteiger partial charge in [-0.15, -0.1) is 0 Å². The SMILES string of the molecule is CN1CCOC2(CCN(C(=O)c3cnc4c(c3)ncn4C3CCOCC3)C2)C1. The van der Waals surface area contributed by atoms with Crippen molar-refractivity contribution in [3.05, 3.63) is 24.2 Å². The van der Waals surface area contributed by atoms with Gasteiger partial charge in [-0.05, 0) is 32.4 Å². The molecule has 8 heteroatoms. The van der Waals surface area contributed by atoms with Crippen LogP contribution in [-0.2, 0) is 9.47 Å². The molecule has 3 aliphatic heterocycles. The number of carbonyl (C=O) groups excluding carboxylic acids is 1. The van der Waals surface area contributed by atoms with E-state index in [1.54, 1.807) is 6.20 Å². The Kier molecular flexibility index (Phi) is 4.57. The molecule has 1 amide bonds. The first kappa shape index (κ1) is 18.0. The number of hydrogen-bond donors (Lipinski definition) is 0. The summed E-state index contributed by atoms with van der Waals surface area (Å²) in [4.78, 5) is 26.4. The molecule has 5 rings (SSSR count). The molecule has 3 fully saturated rings. The zero-order valence-corrected chi connectivity index (χ0v) is 16.3. The maximum absolute atomic E-state index is 13.1. The summed E-state index contributed by atoms with van der Waals surface area (Å²) < 4.78 is 13.7. The number of morpholine rings is 1. The number of imidazole rings is 1. The minimum absolute atomic E-state index is 0.0173. The molecule has 3 aliphatic rings. The summed E-state index contributed by atoms with van der Waals surface area (Å²) in [7, 11) is 2.11. The highest BCUT2D eigenvalue weighted by Crippen LogP contribution is 2.30. The fourth-order valence-corrected chi connectivity index (χ4v) is 4.75. The van der Waals surface area contributed by atoms with Crippen LogP contribution in [0.25, 0.3) is 11.2 Å². The molecular weight excluding hydrogens is 358 g/mol. The lowest BCUT2D eigenvalue weighted by molar-refractivity contribution is -0.0935. The van der Waals surface area contributed by atoms with Crippen LogP contribution in [-0.4, -0.2) is 88.9 Å². The smallest absolute Gasteiger partial charge is 0.255 e. The van der Waals surface area contributed by atoms with Crippen LogP contribution in [0.5, 0.6) is 0 Å². The van der Waals surface area contributed by atoms with E-state index < -0.39 is 0 Å². The minimum Gasteiger partial charge on any atom is -0.381 e. The fourth-order valence-electron chi connectivity index (χ4n) is 4.75. The van der Waals surface area contributed by atoms with Crippen LogP contribution in [0.3, 0.4) is 0 Å². The van der Waals surface area contributed by atoms with Gasteiger partial charge in [-0.25, -0.2) is 9.97 Å². The Labute approximate surface area is 164 Å². The number of hydrogen-bond acceptors (Lipinski definition) is 6. The Morgan fingerprint density at radius 2 is 2.04 bits per heavy atom. The van der Waals surface area contributed by atoms with E-state index in [1.165, 1.54) is 0 Å². The summed E-state index contributed by atoms with van der Waals surface area (Å²) >= 11 is 0. The molecule has 2 aromatic rings. The first-order chi connectivity index (χ1) is 13.6. The van der Waals surface area contributed by atoms with Gasteiger partial charge in [-0.1, -0.05) is 0 Å². The zero-order valence-electron chi connectivity index (χ0n) is 16.3. The molecule has 1 atom stereocenters. The van der Waals surface area contributed by atoms with Crippen molar-refractivity contribution in [1.82, 2.24) is 24.3 Å². The van der Waals surface area contributed by atoms with Crippen LogP contribution in [0.4, 0.5) is 0 Å². The van der Waals surface area contributed by atoms with Crippen molar-refractivity contribution in [2.45, 2.75) is 30.9 Å². The molecular formula is C20H27N5O3. The van der Waals surface area contributed by atoms with Crippen molar-refractivity contribution in [3.8, 4) is 0 Å². The van der Waals surface area contributed by atoms with E-state index in [0.717, 1.165) is 69.9 Å². The first-order valence-corrected chi connectivity index (χ1v) is 10.2. The number of likely N-dealkylation sites (N-methyl/N-ethyl adjacent to an activating group) is 1. The second kappa shape index (κ2) is 7.09. The Hall–Kier alpha value is -2.03. The third kappa shape index (κ3) is 3.19. The van der Waals surface area contributed by atoms with Crippen LogP contribution in [0.1, 0.15) is 35.7 Å². The van der Waals surface area contributed by atoms with E-state index in [0.29, 0.717) is 18.2 Å². The maximum Gasteiger partial charge on any atom is 0.255 e. The second-order valence-corrected chi connectivity index (χ2v) is 8.31. The highest BCUT2D eigenvalue weighted by molar-refractivity contribution is 5.96. The summed E-state index contributed by atoms with van der Waals surface area (Å²) in [5, 5.41) is 0. The molecule has 0 N–H and O–H groups in total. The van der Waals surface area contributed by atoms with E-state index in [9.17, 15) is 4.79 Å². The van der Waals surface area contributed by atoms with Crippen LogP contribution >= 0.6 is 0 Å². The number of fused-ring (bicyclic) bond motifs is 1. The van der Waals surface area contributed by atoms with Gasteiger partial charge in [-0.2, -0.15) is 0 Å². The summed E-state index contributed by atoms with van der Waals surface area (Å²) in [6, 6.07) is 2.24. The van der Waals surface area contributed by atoms with Crippen molar-refractivity contribution in [3.63, 3.8) is 0 Å². The van der Waals surface area contributed by atoms with Gasteiger partial charge in [0.05, 0.1) is 25.0 Å². The molecule has 0 aromatic carbocycles. The predicted octanol–water partition coefficient (Wildman–Crippen LogP) is 1.33. The molecule has 1 spiro atoms. The number of aromatic nitrogens is 3. The van der Waals surface area contributed by atoms with Gasteiger partial charge in [0.15, 0.2) is 5.65 Å². The molecule has 28 heavy (non-hydrogen) atoms. The summed E-state index contributed by atoms with van der Waals surface area (Å²) in [6.07, 6.45) is 6.37. The second-order valence-electron chi connectivity index (χ2n) is 8.31. The third-order valence-electron chi connectivity index (χ3n) is 6.29. The Morgan fingerprint density at radius 1 is 1.18 bits per heavy atom. The summed E-state index contributed by atoms with van der Waals surface area (Å²) in [5.41, 5.74) is 2.01. The molecule has 2 aromatic heterocycles. The van der Waals surface area contributed by atoms with Gasteiger partial charge >= 0.3 is 0 Å². The molecule has 0 aliphatic carbocycles. The molecule has 5 heterocycles. The van der Waals surface area contributed by atoms with Crippen LogP contribution in [0, 0.1) is 0 Å². The molecule has 0 saturated carbocycles. The number of nitrogens with zero attached hydrogens (tertiary/aromatic N) is 5. The molecule has 1 unspecified atom stereocenters. The Balaban J connectivity index is 1.34. The Bertz CT molecular complexity index is 878. The van der Waals surface area contributed by atoms with Crippen LogP contribution in [0.2, 0.25) is 0 Å². The maximum atomic E-state index is 13.1. The normalized spacial score (nSPS) is 27.1. The van der Waals surface area contributed by atoms with Gasteiger partial charge in [0.25, 0.3) is 5.91 Å². The number of amides is 1. The highest BCUT2D eigenvalue weighted by Gasteiger charge is 2.43. The van der Waals surface area contributed by atoms with E-state index in [2.05, 4.69) is 26.5 Å². The van der Waals surface area contributed by atoms with Crippen molar-refractivity contribution >= 4 is 17.1 Å². The van der Waals surface area contributed by atoms with Gasteiger partial charge in [0.1, 0.15) is 11.1 Å². The predicted molar refractivity (Wildman–Crippen MR) is 103 cm³/mol. The van der Waals surface area contributed by atoms with Gasteiger partial charge in [-0.3, -0.25) is 4.79 Å². The fraction of sp³-hybridized carbons (Fsp3) is 0.650. The standard InChI is InChI=1S/C20H27N5O3/c1-23-6-9-28-20(12-23)4-5-24(13-20)19(26)15-10-17-18(21-11-15)25(14-22-17)16-2-7-27-8-3-16/h10-11,14,16H,2-9,12-13H2,1H3. The Morgan fingerprint density at radius 3 is 2.86 bits per heavy atom. The number of likely N-dealkylation sites (tertiary alicyclic amines) is 1. The molecule has 150 valence electrons. The van der Waals surface area contributed by atoms with Gasteiger partial charge in [0.2, 0.25) is 0 Å². The van der Waals surface area contributed by atoms with E-state index >= 15 is 0 Å². The van der Waals surface area contributed by atoms with Crippen LogP contribution in [0.15, 0.2) is 18.6 Å². The lowest BCUT2D eigenvalue weighted by Crippen LogP contribution is -2.52. The molecule has 3 saturated heterocycles. The molecule has 0 bridgehead atoms. The van der Waals surface area contributed by atoms with E-state index in [4.69, 9.17) is 9.47 Å². The lowest BCUT2D eigenvalue weighted by Gasteiger charge is -2.38. The third-order valence-corrected chi connectivity index (χ3v) is 6.29. The quantitative estimate of drug-likeness (QED) is 0.777. The number of pyridine rings is 1. The average Bonchev–Trinajstić information content (AvgIpc) is 3.32. The van der Waals surface area contributed by atoms with Crippen LogP contribution < -0.4 is 0 Å². The molecule has 8 nitrogen and oxygen atoms in total. The minimum atomic E-state index is -0.217. The van der Waals surface area contributed by atoms with Crippen molar-refractivity contribution in [2.24, 2.45) is 0 Å². The number of ether oxygens (including phenoxy) is 2. The van der Waals surface area contributed by atoms with Gasteiger partial charge in [0, 0.05) is 45.1 Å². The lowest BCUT2D eigenvalue weighted by atomic mass is 10.0. The van der Waals surface area contributed by atoms with Crippen molar-refractivity contribution < 1.29 is 14.3 Å². The van der Waals surface area contributed by atoms with E-state index in [-0.39, 0.29) is 11.5 Å². The van der Waals surface area contributed by atoms with Crippen molar-refractivity contribution in [1.29, 1.82) is 0 Å². The topological polar surface area (TPSA) is 72.7 Å². The largest absolute Gasteiger partial charge is 0.381 e. The highest BCUT2D eigenvalue weighted by atomic mass is 16.5. The average molecular weight is 385 g/mol. The first-order valence-electron chi connectivity index (χ1n) is 10.2. The van der Waals surface area contributed by atoms with Crippen molar-refractivity contribution in [2.75, 3.05) is 53.0 Å². The zero-order chi connectivity index (χ0) is 19.1. The van der Waals surface area contributed by atoms with Gasteiger partial charge < -0.3 is 23.8 Å². The van der Waals surface area contributed by atoms with E-state index in [1.807, 2.05) is 17.3 Å². The number of rotatable bonds is 2. The summed E-state index contributed by atoms with van der Waals surface area (Å²) in [5.74, 6) is 0.0173. The monoisotopic (exact) mass is 385 g/mol.